The van der Waals surface area contributed by atoms with Gasteiger partial charge >= 0.3 is 0 Å². The predicted octanol–water partition coefficient (Wildman–Crippen LogP) is 3.35. The molecule has 1 atom stereocenters. The number of pyridine rings is 1. The van der Waals surface area contributed by atoms with Crippen molar-refractivity contribution in [3.63, 3.8) is 0 Å². The Labute approximate surface area is 105 Å². The van der Waals surface area contributed by atoms with Gasteiger partial charge in [-0.3, -0.25) is 4.98 Å². The van der Waals surface area contributed by atoms with E-state index in [0.717, 1.165) is 19.4 Å². The van der Waals surface area contributed by atoms with E-state index in [1.807, 2.05) is 24.5 Å². The maximum Gasteiger partial charge on any atom is 0.0300 e. The zero-order valence-electron chi connectivity index (χ0n) is 10.9. The highest BCUT2D eigenvalue weighted by molar-refractivity contribution is 5.10. The Hall–Kier alpha value is -1.15. The fraction of sp³-hybridized carbons (Fsp3) is 0.533. The molecule has 94 valence electrons. The van der Waals surface area contributed by atoms with Crippen LogP contribution in [0.3, 0.4) is 0 Å². The summed E-state index contributed by atoms with van der Waals surface area (Å²) in [5, 5.41) is 3.61. The summed E-state index contributed by atoms with van der Waals surface area (Å²) in [5.41, 5.74) is 1.32. The summed E-state index contributed by atoms with van der Waals surface area (Å²) in [6, 6.07) is 4.73. The Balaban J connectivity index is 2.41. The van der Waals surface area contributed by atoms with E-state index in [4.69, 9.17) is 0 Å². The topological polar surface area (TPSA) is 24.9 Å². The lowest BCUT2D eigenvalue weighted by molar-refractivity contribution is 0.466. The zero-order chi connectivity index (χ0) is 12.3. The van der Waals surface area contributed by atoms with Crippen LogP contribution < -0.4 is 5.32 Å². The number of unbranched alkanes of at least 4 members (excludes halogenated alkanes) is 1. The minimum atomic E-state index is 0.569. The average Bonchev–Trinajstić information content (AvgIpc) is 2.37. The average molecular weight is 232 g/mol. The first-order valence-corrected chi connectivity index (χ1v) is 6.60. The predicted molar refractivity (Wildman–Crippen MR) is 74.1 cm³/mol. The number of nitrogens with one attached hydrogen (secondary N) is 1. The highest BCUT2D eigenvalue weighted by Gasteiger charge is 2.08. The Bertz CT molecular complexity index is 295. The van der Waals surface area contributed by atoms with Crippen molar-refractivity contribution in [1.82, 2.24) is 10.3 Å². The molecule has 0 amide bonds. The molecule has 0 fully saturated rings. The number of allylic oxidation sites excluding steroid dienone is 1. The summed E-state index contributed by atoms with van der Waals surface area (Å²) in [6.07, 6.45) is 11.6. The molecule has 1 rings (SSSR count). The molecule has 0 aliphatic rings. The van der Waals surface area contributed by atoms with E-state index in [2.05, 4.69) is 29.9 Å². The summed E-state index contributed by atoms with van der Waals surface area (Å²) in [4.78, 5) is 4.17. The first kappa shape index (κ1) is 13.9. The molecule has 0 bridgehead atoms. The van der Waals surface area contributed by atoms with Crippen LogP contribution in [-0.2, 0) is 6.42 Å². The fourth-order valence-corrected chi connectivity index (χ4v) is 1.94. The van der Waals surface area contributed by atoms with Crippen molar-refractivity contribution in [2.45, 2.75) is 45.1 Å². The third-order valence-corrected chi connectivity index (χ3v) is 2.85. The number of hydrogen-bond acceptors (Lipinski definition) is 2. The van der Waals surface area contributed by atoms with Crippen LogP contribution in [-0.4, -0.2) is 17.6 Å². The monoisotopic (exact) mass is 232 g/mol. The van der Waals surface area contributed by atoms with Crippen LogP contribution in [0.5, 0.6) is 0 Å². The first-order valence-electron chi connectivity index (χ1n) is 6.60. The summed E-state index contributed by atoms with van der Waals surface area (Å²) in [6.45, 7) is 7.08. The molecule has 1 unspecified atom stereocenters. The second-order valence-corrected chi connectivity index (χ2v) is 4.44. The van der Waals surface area contributed by atoms with Crippen LogP contribution in [0.4, 0.5) is 0 Å². The van der Waals surface area contributed by atoms with Crippen molar-refractivity contribution in [3.05, 3.63) is 42.7 Å². The van der Waals surface area contributed by atoms with Crippen molar-refractivity contribution in [1.29, 1.82) is 0 Å². The van der Waals surface area contributed by atoms with Gasteiger partial charge in [-0.05, 0) is 50.3 Å². The quantitative estimate of drug-likeness (QED) is 0.522. The van der Waals surface area contributed by atoms with Gasteiger partial charge in [0.15, 0.2) is 0 Å². The molecular weight excluding hydrogens is 208 g/mol. The van der Waals surface area contributed by atoms with Gasteiger partial charge in [-0.15, -0.1) is 6.58 Å². The third-order valence-electron chi connectivity index (χ3n) is 2.85. The maximum atomic E-state index is 4.17. The first-order chi connectivity index (χ1) is 8.36. The number of aromatic nitrogens is 1. The molecule has 1 N–H and O–H groups in total. The van der Waals surface area contributed by atoms with Crippen molar-refractivity contribution >= 4 is 0 Å². The highest BCUT2D eigenvalue weighted by Crippen LogP contribution is 2.08. The third kappa shape index (κ3) is 6.22. The zero-order valence-corrected chi connectivity index (χ0v) is 10.9. The molecule has 0 saturated heterocycles. The van der Waals surface area contributed by atoms with Gasteiger partial charge in [-0.25, -0.2) is 0 Å². The maximum absolute atomic E-state index is 4.17. The van der Waals surface area contributed by atoms with Crippen LogP contribution in [0.25, 0.3) is 0 Å². The molecule has 17 heavy (non-hydrogen) atoms. The van der Waals surface area contributed by atoms with Crippen molar-refractivity contribution in [2.24, 2.45) is 0 Å². The molecule has 1 aromatic heterocycles. The summed E-state index contributed by atoms with van der Waals surface area (Å²) < 4.78 is 0. The van der Waals surface area contributed by atoms with Gasteiger partial charge in [0.05, 0.1) is 0 Å². The highest BCUT2D eigenvalue weighted by atomic mass is 14.9. The Morgan fingerprint density at radius 1 is 1.53 bits per heavy atom. The molecule has 1 heterocycles. The largest absolute Gasteiger partial charge is 0.314 e. The standard InChI is InChI=1S/C15H24N2/c1-3-5-6-9-15(17-10-4-2)12-14-8-7-11-16-13-14/h3,7-8,11,13,15,17H,1,4-6,9-10,12H2,2H3. The number of hydrogen-bond donors (Lipinski definition) is 1. The van der Waals surface area contributed by atoms with Crippen LogP contribution in [0.1, 0.15) is 38.2 Å². The van der Waals surface area contributed by atoms with Gasteiger partial charge in [-0.1, -0.05) is 19.1 Å². The van der Waals surface area contributed by atoms with E-state index < -0.39 is 0 Å². The van der Waals surface area contributed by atoms with Crippen LogP contribution >= 0.6 is 0 Å². The lowest BCUT2D eigenvalue weighted by atomic mass is 10.0. The molecule has 0 radical (unpaired) electrons. The lowest BCUT2D eigenvalue weighted by Gasteiger charge is -2.18. The summed E-state index contributed by atoms with van der Waals surface area (Å²) in [5.74, 6) is 0. The molecular formula is C15H24N2. The molecule has 0 saturated carbocycles. The van der Waals surface area contributed by atoms with Crippen molar-refractivity contribution in [3.8, 4) is 0 Å². The normalized spacial score (nSPS) is 12.3. The van der Waals surface area contributed by atoms with Crippen molar-refractivity contribution < 1.29 is 0 Å². The number of rotatable bonds is 9. The summed E-state index contributed by atoms with van der Waals surface area (Å²) in [7, 11) is 0. The second kappa shape index (κ2) is 8.94. The van der Waals surface area contributed by atoms with E-state index in [0.29, 0.717) is 6.04 Å². The Kier molecular flexibility index (Phi) is 7.32. The van der Waals surface area contributed by atoms with E-state index in [1.54, 1.807) is 0 Å². The van der Waals surface area contributed by atoms with E-state index >= 15 is 0 Å². The smallest absolute Gasteiger partial charge is 0.0300 e. The van der Waals surface area contributed by atoms with Crippen molar-refractivity contribution in [2.75, 3.05) is 6.54 Å². The molecule has 1 aromatic rings. The number of nitrogens with zero attached hydrogens (tertiary/aromatic N) is 1. The van der Waals surface area contributed by atoms with E-state index in [9.17, 15) is 0 Å². The molecule has 0 aliphatic heterocycles. The van der Waals surface area contributed by atoms with Gasteiger partial charge in [0.2, 0.25) is 0 Å². The molecule has 2 nitrogen and oxygen atoms in total. The van der Waals surface area contributed by atoms with Gasteiger partial charge < -0.3 is 5.32 Å². The van der Waals surface area contributed by atoms with Gasteiger partial charge in [0, 0.05) is 18.4 Å². The minimum Gasteiger partial charge on any atom is -0.314 e. The van der Waals surface area contributed by atoms with Crippen LogP contribution in [0, 0.1) is 0 Å². The second-order valence-electron chi connectivity index (χ2n) is 4.44. The van der Waals surface area contributed by atoms with Gasteiger partial charge in [0.1, 0.15) is 0 Å². The molecule has 0 spiro atoms. The molecule has 0 aliphatic carbocycles. The Morgan fingerprint density at radius 3 is 3.06 bits per heavy atom. The SMILES string of the molecule is C=CCCCC(Cc1cccnc1)NCCC. The summed E-state index contributed by atoms with van der Waals surface area (Å²) >= 11 is 0. The van der Waals surface area contributed by atoms with Crippen LogP contribution in [0.2, 0.25) is 0 Å². The van der Waals surface area contributed by atoms with Gasteiger partial charge in [-0.2, -0.15) is 0 Å². The van der Waals surface area contributed by atoms with Gasteiger partial charge in [0.25, 0.3) is 0 Å². The van der Waals surface area contributed by atoms with E-state index in [1.165, 1.54) is 24.8 Å². The molecule has 0 aromatic carbocycles. The molecule has 2 heteroatoms. The van der Waals surface area contributed by atoms with Crippen LogP contribution in [0.15, 0.2) is 37.2 Å². The van der Waals surface area contributed by atoms with E-state index in [-0.39, 0.29) is 0 Å². The minimum absolute atomic E-state index is 0.569. The fourth-order valence-electron chi connectivity index (χ4n) is 1.94. The lowest BCUT2D eigenvalue weighted by Crippen LogP contribution is -2.31. The Morgan fingerprint density at radius 2 is 2.41 bits per heavy atom.